The van der Waals surface area contributed by atoms with Crippen LogP contribution in [-0.2, 0) is 17.8 Å². The van der Waals surface area contributed by atoms with E-state index in [1.54, 1.807) is 6.33 Å². The smallest absolute Gasteiger partial charge is 0.407 e. The summed E-state index contributed by atoms with van der Waals surface area (Å²) in [5.74, 6) is 1.06. The Bertz CT molecular complexity index is 1160. The van der Waals surface area contributed by atoms with E-state index in [0.29, 0.717) is 49.1 Å². The summed E-state index contributed by atoms with van der Waals surface area (Å²) in [6.07, 6.45) is 4.71. The number of nitrogens with two attached hydrogens (primary N) is 1. The van der Waals surface area contributed by atoms with E-state index >= 15 is 0 Å². The Morgan fingerprint density at radius 3 is 2.97 bits per heavy atom. The molecule has 0 saturated heterocycles. The van der Waals surface area contributed by atoms with E-state index in [4.69, 9.17) is 22.1 Å². The lowest BCUT2D eigenvalue weighted by Gasteiger charge is -2.14. The van der Waals surface area contributed by atoms with Gasteiger partial charge in [-0.05, 0) is 47.6 Å². The van der Waals surface area contributed by atoms with Crippen LogP contribution in [0.5, 0.6) is 0 Å². The molecule has 1 amide bonds. The number of amides is 1. The highest BCUT2D eigenvalue weighted by atomic mass is 35.5. The molecule has 1 atom stereocenters. The average molecular weight is 456 g/mol. The lowest BCUT2D eigenvalue weighted by molar-refractivity contribution is 0.143. The molecule has 1 aromatic carbocycles. The minimum Gasteiger partial charge on any atom is -0.450 e. The molecule has 3 N–H and O–H groups in total. The number of halogens is 1. The molecule has 2 aromatic heterocycles. The number of nitrogens with zero attached hydrogens (tertiary/aromatic N) is 5. The maximum Gasteiger partial charge on any atom is 0.407 e. The van der Waals surface area contributed by atoms with Crippen molar-refractivity contribution in [1.82, 2.24) is 24.8 Å². The van der Waals surface area contributed by atoms with Crippen molar-refractivity contribution >= 4 is 46.6 Å². The number of hydrogen-bond donors (Lipinski definition) is 2. The molecule has 3 aromatic rings. The molecule has 1 aliphatic heterocycles. The number of anilines is 1. The third kappa shape index (κ3) is 4.83. The minimum atomic E-state index is -0.428. The summed E-state index contributed by atoms with van der Waals surface area (Å²) in [7, 11) is 0. The van der Waals surface area contributed by atoms with Crippen LogP contribution < -0.4 is 11.1 Å². The van der Waals surface area contributed by atoms with E-state index in [9.17, 15) is 4.79 Å². The van der Waals surface area contributed by atoms with E-state index < -0.39 is 6.09 Å². The summed E-state index contributed by atoms with van der Waals surface area (Å²) >= 11 is 5.88. The Hall–Kier alpha value is -3.20. The van der Waals surface area contributed by atoms with Gasteiger partial charge in [-0.15, -0.1) is 0 Å². The molecule has 0 spiro atoms. The predicted octanol–water partition coefficient (Wildman–Crippen LogP) is 4.22. The quantitative estimate of drug-likeness (QED) is 0.387. The highest BCUT2D eigenvalue weighted by Crippen LogP contribution is 2.36. The lowest BCUT2D eigenvalue weighted by atomic mass is 9.89. The van der Waals surface area contributed by atoms with Crippen molar-refractivity contribution in [3.8, 4) is 0 Å². The van der Waals surface area contributed by atoms with Crippen LogP contribution in [0.25, 0.3) is 11.2 Å². The van der Waals surface area contributed by atoms with Gasteiger partial charge in [0, 0.05) is 25.2 Å². The molecule has 0 bridgehead atoms. The number of aliphatic imine (C=N–C) groups is 1. The number of alkyl carbamates (subject to hydrolysis) is 1. The van der Waals surface area contributed by atoms with Crippen molar-refractivity contribution in [2.24, 2.45) is 10.9 Å². The molecule has 9 nitrogen and oxygen atoms in total. The largest absolute Gasteiger partial charge is 0.450 e. The van der Waals surface area contributed by atoms with Gasteiger partial charge in [-0.25, -0.2) is 9.78 Å². The van der Waals surface area contributed by atoms with Crippen molar-refractivity contribution in [2.75, 3.05) is 12.3 Å². The number of ether oxygens (including phenoxy) is 1. The molecule has 1 aliphatic rings. The fraction of sp³-hybridized carbons (Fsp3) is 0.409. The molecular weight excluding hydrogens is 430 g/mol. The fourth-order valence-corrected chi connectivity index (χ4v) is 3.92. The van der Waals surface area contributed by atoms with Crippen LogP contribution >= 0.6 is 11.6 Å². The molecule has 0 radical (unpaired) electrons. The SMILES string of the molecule is CC(C)C1C=Nc2ccc(CNC(=O)OCCCCn3cnc4c(N)nc(Cl)nc43)cc21. The number of aromatic nitrogens is 4. The van der Waals surface area contributed by atoms with Crippen molar-refractivity contribution < 1.29 is 9.53 Å². The number of hydrogen-bond acceptors (Lipinski definition) is 7. The van der Waals surface area contributed by atoms with Crippen molar-refractivity contribution in [3.63, 3.8) is 0 Å². The number of nitrogen functional groups attached to an aromatic ring is 1. The summed E-state index contributed by atoms with van der Waals surface area (Å²) in [6.45, 7) is 5.76. The topological polar surface area (TPSA) is 120 Å². The Kier molecular flexibility index (Phi) is 6.55. The number of rotatable bonds is 8. The molecule has 4 rings (SSSR count). The van der Waals surface area contributed by atoms with Crippen LogP contribution in [-0.4, -0.2) is 38.4 Å². The van der Waals surface area contributed by atoms with Crippen LogP contribution in [0.2, 0.25) is 5.28 Å². The number of fused-ring (bicyclic) bond motifs is 2. The summed E-state index contributed by atoms with van der Waals surface area (Å²) in [4.78, 5) is 28.8. The molecule has 0 aliphatic carbocycles. The summed E-state index contributed by atoms with van der Waals surface area (Å²) in [5, 5.41) is 2.90. The van der Waals surface area contributed by atoms with Crippen LogP contribution in [0.1, 0.15) is 43.7 Å². The van der Waals surface area contributed by atoms with Crippen LogP contribution in [0.3, 0.4) is 0 Å². The maximum atomic E-state index is 12.0. The molecule has 0 fully saturated rings. The van der Waals surface area contributed by atoms with E-state index in [1.165, 1.54) is 5.56 Å². The Morgan fingerprint density at radius 1 is 1.31 bits per heavy atom. The molecule has 168 valence electrons. The Morgan fingerprint density at radius 2 is 2.16 bits per heavy atom. The van der Waals surface area contributed by atoms with Crippen molar-refractivity contribution in [2.45, 2.75) is 45.7 Å². The summed E-state index contributed by atoms with van der Waals surface area (Å²) in [5.41, 5.74) is 10.2. The first-order valence-corrected chi connectivity index (χ1v) is 11.0. The van der Waals surface area contributed by atoms with Gasteiger partial charge in [0.2, 0.25) is 5.28 Å². The standard InChI is InChI=1S/C22H26ClN7O2/c1-13(2)16-11-25-17-6-5-14(9-15(16)17)10-26-22(31)32-8-4-3-7-30-12-27-18-19(24)28-21(23)29-20(18)30/h5-6,9,11-13,16H,3-4,7-8,10H2,1-2H3,(H,26,31)(H2,24,28,29). The number of carbonyl (C=O) groups excluding carboxylic acids is 1. The third-order valence-electron chi connectivity index (χ3n) is 5.47. The predicted molar refractivity (Wildman–Crippen MR) is 124 cm³/mol. The number of imidazole rings is 1. The normalized spacial score (nSPS) is 14.8. The maximum absolute atomic E-state index is 12.0. The first kappa shape index (κ1) is 22.0. The summed E-state index contributed by atoms with van der Waals surface area (Å²) < 4.78 is 7.16. The van der Waals surface area contributed by atoms with Gasteiger partial charge in [-0.3, -0.25) is 4.99 Å². The third-order valence-corrected chi connectivity index (χ3v) is 5.64. The minimum absolute atomic E-state index is 0.0902. The second-order valence-corrected chi connectivity index (χ2v) is 8.46. The molecule has 0 saturated carbocycles. The second-order valence-electron chi connectivity index (χ2n) is 8.13. The van der Waals surface area contributed by atoms with Gasteiger partial charge >= 0.3 is 6.09 Å². The Labute approximate surface area is 191 Å². The highest BCUT2D eigenvalue weighted by molar-refractivity contribution is 6.28. The van der Waals surface area contributed by atoms with Gasteiger partial charge in [0.25, 0.3) is 0 Å². The van der Waals surface area contributed by atoms with Gasteiger partial charge in [-0.2, -0.15) is 9.97 Å². The number of carbonyl (C=O) groups is 1. The lowest BCUT2D eigenvalue weighted by Crippen LogP contribution is -2.24. The zero-order chi connectivity index (χ0) is 22.7. The average Bonchev–Trinajstić information content (AvgIpc) is 3.36. The zero-order valence-electron chi connectivity index (χ0n) is 18.1. The molecular formula is C22H26ClN7O2. The van der Waals surface area contributed by atoms with Crippen molar-refractivity contribution in [1.29, 1.82) is 0 Å². The number of nitrogens with one attached hydrogen (secondary N) is 1. The number of benzene rings is 1. The second kappa shape index (κ2) is 9.52. The van der Waals surface area contributed by atoms with Gasteiger partial charge in [0.1, 0.15) is 5.52 Å². The highest BCUT2D eigenvalue weighted by Gasteiger charge is 2.22. The van der Waals surface area contributed by atoms with E-state index in [-0.39, 0.29) is 11.1 Å². The zero-order valence-corrected chi connectivity index (χ0v) is 18.8. The number of aryl methyl sites for hydroxylation is 1. The fourth-order valence-electron chi connectivity index (χ4n) is 3.75. The monoisotopic (exact) mass is 455 g/mol. The molecule has 3 heterocycles. The van der Waals surface area contributed by atoms with Gasteiger partial charge in [-0.1, -0.05) is 26.0 Å². The Balaban J connectivity index is 1.19. The van der Waals surface area contributed by atoms with Crippen LogP contribution in [0.4, 0.5) is 16.3 Å². The van der Waals surface area contributed by atoms with E-state index in [2.05, 4.69) is 45.2 Å². The van der Waals surface area contributed by atoms with Gasteiger partial charge in [0.15, 0.2) is 11.5 Å². The molecule has 32 heavy (non-hydrogen) atoms. The molecule has 1 unspecified atom stereocenters. The number of unbranched alkanes of at least 4 members (excludes halogenated alkanes) is 1. The van der Waals surface area contributed by atoms with Crippen LogP contribution in [0, 0.1) is 5.92 Å². The van der Waals surface area contributed by atoms with Crippen LogP contribution in [0.15, 0.2) is 29.5 Å². The summed E-state index contributed by atoms with van der Waals surface area (Å²) in [6, 6.07) is 6.10. The van der Waals surface area contributed by atoms with Gasteiger partial charge in [0.05, 0.1) is 18.6 Å². The van der Waals surface area contributed by atoms with Gasteiger partial charge < -0.3 is 20.4 Å². The van der Waals surface area contributed by atoms with E-state index in [1.807, 2.05) is 22.9 Å². The first-order valence-electron chi connectivity index (χ1n) is 10.6. The van der Waals surface area contributed by atoms with E-state index in [0.717, 1.165) is 17.7 Å². The first-order chi connectivity index (χ1) is 15.4. The molecule has 10 heteroatoms. The van der Waals surface area contributed by atoms with Crippen molar-refractivity contribution in [3.05, 3.63) is 40.9 Å².